The maximum atomic E-state index is 13.1. The van der Waals surface area contributed by atoms with Gasteiger partial charge in [-0.15, -0.1) is 0 Å². The van der Waals surface area contributed by atoms with Gasteiger partial charge in [-0.25, -0.2) is 9.18 Å². The molecule has 2 aromatic carbocycles. The number of esters is 1. The van der Waals surface area contributed by atoms with Gasteiger partial charge in [0.15, 0.2) is 6.10 Å². The Balaban J connectivity index is 2.09. The van der Waals surface area contributed by atoms with E-state index in [4.69, 9.17) is 9.47 Å². The second-order valence-electron chi connectivity index (χ2n) is 4.65. The normalized spacial score (nSPS) is 11.6. The molecule has 1 atom stereocenters. The van der Waals surface area contributed by atoms with Gasteiger partial charge in [-0.2, -0.15) is 0 Å². The van der Waals surface area contributed by atoms with Crippen molar-refractivity contribution < 1.29 is 23.5 Å². The lowest BCUT2D eigenvalue weighted by Crippen LogP contribution is -2.24. The first-order valence-electron chi connectivity index (χ1n) is 6.66. The number of Topliss-reactive ketones (excluding diaryl/α,β-unsaturated/α-hetero) is 1. The van der Waals surface area contributed by atoms with E-state index in [-0.39, 0.29) is 11.3 Å². The molecule has 0 spiro atoms. The fraction of sp³-hybridized carbons (Fsp3) is 0.176. The van der Waals surface area contributed by atoms with Crippen molar-refractivity contribution in [2.45, 2.75) is 13.0 Å². The van der Waals surface area contributed by atoms with Crippen LogP contribution in [0.25, 0.3) is 0 Å². The molecular weight excluding hydrogens is 287 g/mol. The van der Waals surface area contributed by atoms with Gasteiger partial charge in [-0.05, 0) is 37.3 Å². The molecule has 0 saturated heterocycles. The van der Waals surface area contributed by atoms with Crippen molar-refractivity contribution in [2.24, 2.45) is 0 Å². The average molecular weight is 302 g/mol. The number of methoxy groups -OCH3 is 1. The molecule has 0 saturated carbocycles. The van der Waals surface area contributed by atoms with Gasteiger partial charge >= 0.3 is 5.97 Å². The lowest BCUT2D eigenvalue weighted by molar-refractivity contribution is 0.0318. The molecule has 2 rings (SSSR count). The van der Waals surface area contributed by atoms with E-state index >= 15 is 0 Å². The molecule has 0 fully saturated rings. The zero-order valence-electron chi connectivity index (χ0n) is 12.2. The maximum absolute atomic E-state index is 13.1. The second kappa shape index (κ2) is 6.85. The first-order chi connectivity index (χ1) is 10.5. The minimum Gasteiger partial charge on any atom is -0.497 e. The molecule has 0 aromatic heterocycles. The van der Waals surface area contributed by atoms with E-state index in [2.05, 4.69) is 0 Å². The van der Waals surface area contributed by atoms with E-state index in [0.29, 0.717) is 11.3 Å². The number of carbonyl (C=O) groups excluding carboxylic acids is 2. The van der Waals surface area contributed by atoms with Crippen LogP contribution in [0.4, 0.5) is 4.39 Å². The Kier molecular flexibility index (Phi) is 4.88. The number of hydrogen-bond donors (Lipinski definition) is 0. The molecule has 0 aliphatic rings. The Morgan fingerprint density at radius 2 is 1.73 bits per heavy atom. The Morgan fingerprint density at radius 1 is 1.05 bits per heavy atom. The number of ketones is 1. The summed E-state index contributed by atoms with van der Waals surface area (Å²) in [5.41, 5.74) is 0.434. The van der Waals surface area contributed by atoms with Crippen LogP contribution in [0, 0.1) is 5.82 Å². The number of hydrogen-bond acceptors (Lipinski definition) is 4. The molecule has 0 N–H and O–H groups in total. The number of carbonyl (C=O) groups is 2. The summed E-state index contributed by atoms with van der Waals surface area (Å²) in [6.45, 7) is 1.47. The quantitative estimate of drug-likeness (QED) is 0.628. The Bertz CT molecular complexity index is 697. The molecule has 5 heteroatoms. The largest absolute Gasteiger partial charge is 0.497 e. The summed E-state index contributed by atoms with van der Waals surface area (Å²) < 4.78 is 23.2. The SMILES string of the molecule is COc1cccc(C(=O)C(C)OC(=O)c2cccc(F)c2)c1. The molecule has 0 aliphatic carbocycles. The molecule has 0 amide bonds. The van der Waals surface area contributed by atoms with E-state index in [9.17, 15) is 14.0 Å². The first kappa shape index (κ1) is 15.7. The highest BCUT2D eigenvalue weighted by molar-refractivity contribution is 6.01. The van der Waals surface area contributed by atoms with Crippen LogP contribution in [0.3, 0.4) is 0 Å². The van der Waals surface area contributed by atoms with E-state index in [1.165, 1.54) is 32.2 Å². The highest BCUT2D eigenvalue weighted by Gasteiger charge is 2.21. The first-order valence-corrected chi connectivity index (χ1v) is 6.66. The third kappa shape index (κ3) is 3.69. The topological polar surface area (TPSA) is 52.6 Å². The summed E-state index contributed by atoms with van der Waals surface area (Å²) in [7, 11) is 1.50. The molecule has 0 heterocycles. The van der Waals surface area contributed by atoms with E-state index in [1.807, 2.05) is 0 Å². The molecule has 2 aromatic rings. The summed E-state index contributed by atoms with van der Waals surface area (Å²) in [5, 5.41) is 0. The summed E-state index contributed by atoms with van der Waals surface area (Å²) in [4.78, 5) is 24.1. The molecular formula is C17H15FO4. The lowest BCUT2D eigenvalue weighted by atomic mass is 10.1. The van der Waals surface area contributed by atoms with Gasteiger partial charge in [0, 0.05) is 5.56 Å². The maximum Gasteiger partial charge on any atom is 0.338 e. The van der Waals surface area contributed by atoms with E-state index in [1.54, 1.807) is 24.3 Å². The predicted molar refractivity (Wildman–Crippen MR) is 78.6 cm³/mol. The molecule has 0 radical (unpaired) electrons. The Labute approximate surface area is 127 Å². The van der Waals surface area contributed by atoms with Crippen molar-refractivity contribution in [3.05, 3.63) is 65.5 Å². The van der Waals surface area contributed by atoms with Crippen molar-refractivity contribution in [1.82, 2.24) is 0 Å². The number of benzene rings is 2. The van der Waals surface area contributed by atoms with E-state index in [0.717, 1.165) is 6.07 Å². The number of ether oxygens (including phenoxy) is 2. The Morgan fingerprint density at radius 3 is 2.41 bits per heavy atom. The highest BCUT2D eigenvalue weighted by atomic mass is 19.1. The van der Waals surface area contributed by atoms with Crippen LogP contribution in [0.15, 0.2) is 48.5 Å². The van der Waals surface area contributed by atoms with Gasteiger partial charge in [0.05, 0.1) is 12.7 Å². The minimum absolute atomic E-state index is 0.0605. The summed E-state index contributed by atoms with van der Waals surface area (Å²) in [5.74, 6) is -1.11. The third-order valence-corrected chi connectivity index (χ3v) is 3.07. The van der Waals surface area contributed by atoms with Crippen LogP contribution >= 0.6 is 0 Å². The average Bonchev–Trinajstić information content (AvgIpc) is 2.54. The molecule has 0 aliphatic heterocycles. The van der Waals surface area contributed by atoms with Crippen LogP contribution in [-0.2, 0) is 4.74 Å². The smallest absolute Gasteiger partial charge is 0.338 e. The van der Waals surface area contributed by atoms with Crippen LogP contribution in [0.2, 0.25) is 0 Å². The molecule has 0 bridgehead atoms. The summed E-state index contributed by atoms with van der Waals surface area (Å²) in [6, 6.07) is 11.7. The zero-order chi connectivity index (χ0) is 16.1. The zero-order valence-corrected chi connectivity index (χ0v) is 12.2. The van der Waals surface area contributed by atoms with Crippen molar-refractivity contribution in [2.75, 3.05) is 7.11 Å². The number of halogens is 1. The molecule has 114 valence electrons. The summed E-state index contributed by atoms with van der Waals surface area (Å²) >= 11 is 0. The van der Waals surface area contributed by atoms with Gasteiger partial charge in [0.25, 0.3) is 0 Å². The third-order valence-electron chi connectivity index (χ3n) is 3.07. The molecule has 1 unspecified atom stereocenters. The summed E-state index contributed by atoms with van der Waals surface area (Å²) in [6.07, 6.45) is -0.983. The standard InChI is InChI=1S/C17H15FO4/c1-11(16(19)12-5-4-8-15(10-12)21-2)22-17(20)13-6-3-7-14(18)9-13/h3-11H,1-2H3. The second-order valence-corrected chi connectivity index (χ2v) is 4.65. The fourth-order valence-corrected chi connectivity index (χ4v) is 1.91. The fourth-order valence-electron chi connectivity index (χ4n) is 1.91. The van der Waals surface area contributed by atoms with Crippen molar-refractivity contribution in [1.29, 1.82) is 0 Å². The van der Waals surface area contributed by atoms with Gasteiger partial charge in [0.2, 0.25) is 5.78 Å². The minimum atomic E-state index is -0.983. The Hall–Kier alpha value is -2.69. The van der Waals surface area contributed by atoms with Crippen molar-refractivity contribution in [3.63, 3.8) is 0 Å². The van der Waals surface area contributed by atoms with Crippen LogP contribution < -0.4 is 4.74 Å². The molecule has 4 nitrogen and oxygen atoms in total. The van der Waals surface area contributed by atoms with Crippen LogP contribution in [0.5, 0.6) is 5.75 Å². The van der Waals surface area contributed by atoms with Gasteiger partial charge < -0.3 is 9.47 Å². The van der Waals surface area contributed by atoms with Crippen LogP contribution in [-0.4, -0.2) is 25.0 Å². The van der Waals surface area contributed by atoms with Crippen molar-refractivity contribution in [3.8, 4) is 5.75 Å². The predicted octanol–water partition coefficient (Wildman–Crippen LogP) is 3.26. The van der Waals surface area contributed by atoms with Crippen molar-refractivity contribution >= 4 is 11.8 Å². The van der Waals surface area contributed by atoms with E-state index < -0.39 is 17.9 Å². The monoisotopic (exact) mass is 302 g/mol. The highest BCUT2D eigenvalue weighted by Crippen LogP contribution is 2.16. The lowest BCUT2D eigenvalue weighted by Gasteiger charge is -2.13. The number of rotatable bonds is 5. The van der Waals surface area contributed by atoms with Gasteiger partial charge in [-0.1, -0.05) is 18.2 Å². The molecule has 22 heavy (non-hydrogen) atoms. The van der Waals surface area contributed by atoms with Crippen LogP contribution in [0.1, 0.15) is 27.6 Å². The van der Waals surface area contributed by atoms with Gasteiger partial charge in [0.1, 0.15) is 11.6 Å². The van der Waals surface area contributed by atoms with Gasteiger partial charge in [-0.3, -0.25) is 4.79 Å².